The molecule has 104 valence electrons. The lowest BCUT2D eigenvalue weighted by atomic mass is 10.0. The summed E-state index contributed by atoms with van der Waals surface area (Å²) in [5.41, 5.74) is 0.744. The molecule has 1 atom stereocenters. The molecular formula is C15H22N2O2. The van der Waals surface area contributed by atoms with E-state index in [1.807, 2.05) is 38.1 Å². The zero-order chi connectivity index (χ0) is 13.7. The average Bonchev–Trinajstić information content (AvgIpc) is 2.41. The summed E-state index contributed by atoms with van der Waals surface area (Å²) in [6, 6.07) is 7.48. The van der Waals surface area contributed by atoms with Crippen molar-refractivity contribution in [1.82, 2.24) is 5.32 Å². The van der Waals surface area contributed by atoms with Gasteiger partial charge >= 0.3 is 0 Å². The van der Waals surface area contributed by atoms with Gasteiger partial charge in [0.1, 0.15) is 5.75 Å². The smallest absolute Gasteiger partial charge is 0.241 e. The number of hydrogen-bond donors (Lipinski definition) is 2. The average molecular weight is 262 g/mol. The SMILES string of the molecule is CC(C)Oc1ccccc1NC(=O)[C@@H]1CCCCN1. The van der Waals surface area contributed by atoms with Crippen LogP contribution in [-0.4, -0.2) is 24.6 Å². The number of piperidine rings is 1. The Morgan fingerprint density at radius 2 is 2.16 bits per heavy atom. The van der Waals surface area contributed by atoms with Crippen LogP contribution in [0.5, 0.6) is 5.75 Å². The molecule has 0 aliphatic carbocycles. The van der Waals surface area contributed by atoms with Gasteiger partial charge < -0.3 is 15.4 Å². The van der Waals surface area contributed by atoms with E-state index in [2.05, 4.69) is 10.6 Å². The molecule has 1 saturated heterocycles. The van der Waals surface area contributed by atoms with E-state index in [-0.39, 0.29) is 18.1 Å². The predicted octanol–water partition coefficient (Wildman–Crippen LogP) is 2.55. The van der Waals surface area contributed by atoms with Gasteiger partial charge in [0.05, 0.1) is 17.8 Å². The molecule has 1 heterocycles. The minimum Gasteiger partial charge on any atom is -0.489 e. The van der Waals surface area contributed by atoms with Crippen molar-refractivity contribution in [1.29, 1.82) is 0 Å². The van der Waals surface area contributed by atoms with E-state index in [0.717, 1.165) is 37.2 Å². The van der Waals surface area contributed by atoms with Gasteiger partial charge in [0.15, 0.2) is 0 Å². The summed E-state index contributed by atoms with van der Waals surface area (Å²) < 4.78 is 5.70. The summed E-state index contributed by atoms with van der Waals surface area (Å²) in [6.07, 6.45) is 3.25. The van der Waals surface area contributed by atoms with Gasteiger partial charge in [0, 0.05) is 0 Å². The van der Waals surface area contributed by atoms with E-state index in [4.69, 9.17) is 4.74 Å². The van der Waals surface area contributed by atoms with Crippen molar-refractivity contribution in [3.63, 3.8) is 0 Å². The standard InChI is InChI=1S/C15H22N2O2/c1-11(2)19-14-9-4-3-7-12(14)17-15(18)13-8-5-6-10-16-13/h3-4,7,9,11,13,16H,5-6,8,10H2,1-2H3,(H,17,18)/t13-/m0/s1. The summed E-state index contributed by atoms with van der Waals surface area (Å²) >= 11 is 0. The number of amides is 1. The van der Waals surface area contributed by atoms with E-state index >= 15 is 0 Å². The van der Waals surface area contributed by atoms with Crippen LogP contribution < -0.4 is 15.4 Å². The molecule has 1 amide bonds. The number of carbonyl (C=O) groups excluding carboxylic acids is 1. The molecule has 19 heavy (non-hydrogen) atoms. The molecule has 0 radical (unpaired) electrons. The summed E-state index contributed by atoms with van der Waals surface area (Å²) in [4.78, 5) is 12.2. The van der Waals surface area contributed by atoms with Crippen molar-refractivity contribution in [2.24, 2.45) is 0 Å². The molecule has 1 aliphatic heterocycles. The molecule has 0 saturated carbocycles. The van der Waals surface area contributed by atoms with Gasteiger partial charge in [-0.25, -0.2) is 0 Å². The van der Waals surface area contributed by atoms with Crippen molar-refractivity contribution >= 4 is 11.6 Å². The number of carbonyl (C=O) groups is 1. The van der Waals surface area contributed by atoms with Crippen LogP contribution in [0.4, 0.5) is 5.69 Å². The highest BCUT2D eigenvalue weighted by Gasteiger charge is 2.21. The van der Waals surface area contributed by atoms with Crippen LogP contribution in [0.1, 0.15) is 33.1 Å². The number of para-hydroxylation sites is 2. The lowest BCUT2D eigenvalue weighted by Crippen LogP contribution is -2.43. The highest BCUT2D eigenvalue weighted by molar-refractivity contribution is 5.96. The van der Waals surface area contributed by atoms with Crippen molar-refractivity contribution in [2.45, 2.75) is 45.3 Å². The Kier molecular flexibility index (Phi) is 4.80. The van der Waals surface area contributed by atoms with E-state index in [0.29, 0.717) is 0 Å². The normalized spacial score (nSPS) is 19.2. The maximum atomic E-state index is 12.2. The Morgan fingerprint density at radius 1 is 1.37 bits per heavy atom. The summed E-state index contributed by atoms with van der Waals surface area (Å²) in [5.74, 6) is 0.751. The minimum atomic E-state index is -0.0825. The van der Waals surface area contributed by atoms with Gasteiger partial charge in [-0.05, 0) is 45.4 Å². The Labute approximate surface area is 114 Å². The van der Waals surface area contributed by atoms with Crippen molar-refractivity contribution in [3.05, 3.63) is 24.3 Å². The topological polar surface area (TPSA) is 50.4 Å². The van der Waals surface area contributed by atoms with Crippen LogP contribution in [-0.2, 0) is 4.79 Å². The molecule has 1 aromatic rings. The lowest BCUT2D eigenvalue weighted by Gasteiger charge is -2.23. The first-order chi connectivity index (χ1) is 9.16. The number of rotatable bonds is 4. The number of nitrogens with one attached hydrogen (secondary N) is 2. The molecule has 4 heteroatoms. The molecule has 2 rings (SSSR count). The molecular weight excluding hydrogens is 240 g/mol. The highest BCUT2D eigenvalue weighted by atomic mass is 16.5. The summed E-state index contributed by atoms with van der Waals surface area (Å²) in [7, 11) is 0. The van der Waals surface area contributed by atoms with Crippen LogP contribution in [0, 0.1) is 0 Å². The van der Waals surface area contributed by atoms with Crippen LogP contribution in [0.3, 0.4) is 0 Å². The number of hydrogen-bond acceptors (Lipinski definition) is 3. The third-order valence-electron chi connectivity index (χ3n) is 3.13. The Balaban J connectivity index is 2.03. The van der Waals surface area contributed by atoms with Gasteiger partial charge in [0.2, 0.25) is 5.91 Å². The number of benzene rings is 1. The van der Waals surface area contributed by atoms with Crippen LogP contribution in [0.2, 0.25) is 0 Å². The van der Waals surface area contributed by atoms with Gasteiger partial charge in [0.25, 0.3) is 0 Å². The molecule has 4 nitrogen and oxygen atoms in total. The van der Waals surface area contributed by atoms with Gasteiger partial charge in [-0.3, -0.25) is 4.79 Å². The fourth-order valence-corrected chi connectivity index (χ4v) is 2.22. The van der Waals surface area contributed by atoms with Crippen molar-refractivity contribution in [2.75, 3.05) is 11.9 Å². The maximum absolute atomic E-state index is 12.2. The molecule has 2 N–H and O–H groups in total. The molecule has 0 spiro atoms. The first-order valence-electron chi connectivity index (χ1n) is 6.97. The Bertz CT molecular complexity index is 426. The molecule has 1 aromatic carbocycles. The minimum absolute atomic E-state index is 0.0273. The second kappa shape index (κ2) is 6.57. The van der Waals surface area contributed by atoms with Crippen LogP contribution in [0.15, 0.2) is 24.3 Å². The maximum Gasteiger partial charge on any atom is 0.241 e. The van der Waals surface area contributed by atoms with Gasteiger partial charge in [-0.1, -0.05) is 18.6 Å². The lowest BCUT2D eigenvalue weighted by molar-refractivity contribution is -0.118. The second-order valence-corrected chi connectivity index (χ2v) is 5.15. The van der Waals surface area contributed by atoms with Gasteiger partial charge in [-0.2, -0.15) is 0 Å². The zero-order valence-corrected chi connectivity index (χ0v) is 11.6. The molecule has 0 aromatic heterocycles. The van der Waals surface area contributed by atoms with Gasteiger partial charge in [-0.15, -0.1) is 0 Å². The Morgan fingerprint density at radius 3 is 2.84 bits per heavy atom. The molecule has 1 fully saturated rings. The van der Waals surface area contributed by atoms with E-state index < -0.39 is 0 Å². The van der Waals surface area contributed by atoms with E-state index in [9.17, 15) is 4.79 Å². The predicted molar refractivity (Wildman–Crippen MR) is 76.5 cm³/mol. The van der Waals surface area contributed by atoms with Crippen LogP contribution in [0.25, 0.3) is 0 Å². The summed E-state index contributed by atoms with van der Waals surface area (Å²) in [6.45, 7) is 4.87. The highest BCUT2D eigenvalue weighted by Crippen LogP contribution is 2.25. The van der Waals surface area contributed by atoms with Crippen molar-refractivity contribution in [3.8, 4) is 5.75 Å². The van der Waals surface area contributed by atoms with Crippen LogP contribution >= 0.6 is 0 Å². The number of ether oxygens (including phenoxy) is 1. The molecule has 0 bridgehead atoms. The summed E-state index contributed by atoms with van der Waals surface area (Å²) in [5, 5.41) is 6.21. The zero-order valence-electron chi connectivity index (χ0n) is 11.6. The van der Waals surface area contributed by atoms with E-state index in [1.54, 1.807) is 0 Å². The first kappa shape index (κ1) is 13.9. The largest absolute Gasteiger partial charge is 0.489 e. The third kappa shape index (κ3) is 3.96. The quantitative estimate of drug-likeness (QED) is 0.876. The Hall–Kier alpha value is -1.55. The monoisotopic (exact) mass is 262 g/mol. The number of anilines is 1. The molecule has 0 unspecified atom stereocenters. The second-order valence-electron chi connectivity index (χ2n) is 5.15. The fourth-order valence-electron chi connectivity index (χ4n) is 2.22. The molecule has 1 aliphatic rings. The van der Waals surface area contributed by atoms with Crippen molar-refractivity contribution < 1.29 is 9.53 Å². The van der Waals surface area contributed by atoms with E-state index in [1.165, 1.54) is 0 Å². The first-order valence-corrected chi connectivity index (χ1v) is 6.97. The third-order valence-corrected chi connectivity index (χ3v) is 3.13. The fraction of sp³-hybridized carbons (Fsp3) is 0.533.